The average molecular weight is 543 g/mol. The topological polar surface area (TPSA) is 61.4 Å². The number of nitrogens with zero attached hydrogens (tertiary/aromatic N) is 6. The van der Waals surface area contributed by atoms with Crippen molar-refractivity contribution >= 4 is 27.9 Å². The van der Waals surface area contributed by atoms with Gasteiger partial charge in [-0.1, -0.05) is 78.9 Å². The van der Waals surface area contributed by atoms with E-state index in [1.807, 2.05) is 73.1 Å². The predicted molar refractivity (Wildman–Crippen MR) is 168 cm³/mol. The summed E-state index contributed by atoms with van der Waals surface area (Å²) in [6, 6.07) is 37.3. The van der Waals surface area contributed by atoms with Gasteiger partial charge in [0, 0.05) is 40.8 Å². The highest BCUT2D eigenvalue weighted by Gasteiger charge is 2.20. The summed E-state index contributed by atoms with van der Waals surface area (Å²) in [5.74, 6) is 2.08. The molecule has 8 rings (SSSR count). The second-order valence-electron chi connectivity index (χ2n) is 10.4. The maximum atomic E-state index is 4.97. The lowest BCUT2D eigenvalue weighted by molar-refractivity contribution is 0.853. The van der Waals surface area contributed by atoms with E-state index in [0.29, 0.717) is 0 Å². The molecule has 1 aliphatic rings. The van der Waals surface area contributed by atoms with Gasteiger partial charge in [0.1, 0.15) is 22.7 Å². The van der Waals surface area contributed by atoms with Crippen LogP contribution in [0.3, 0.4) is 0 Å². The molecule has 0 aliphatic heterocycles. The Morgan fingerprint density at radius 1 is 0.571 bits per heavy atom. The molecule has 0 radical (unpaired) electrons. The van der Waals surface area contributed by atoms with Crippen molar-refractivity contribution in [3.63, 3.8) is 0 Å². The van der Waals surface area contributed by atoms with Crippen LogP contribution < -0.4 is 0 Å². The number of hydrogen-bond donors (Lipinski definition) is 0. The van der Waals surface area contributed by atoms with Gasteiger partial charge in [0.15, 0.2) is 11.3 Å². The molecule has 0 saturated heterocycles. The first-order valence-electron chi connectivity index (χ1n) is 14.1. The van der Waals surface area contributed by atoms with Gasteiger partial charge in [-0.25, -0.2) is 19.9 Å². The third-order valence-corrected chi connectivity index (χ3v) is 7.82. The summed E-state index contributed by atoms with van der Waals surface area (Å²) in [4.78, 5) is 19.2. The Labute approximate surface area is 243 Å². The van der Waals surface area contributed by atoms with Crippen LogP contribution in [0, 0.1) is 0 Å². The largest absolute Gasteiger partial charge is 0.277 e. The van der Waals surface area contributed by atoms with Gasteiger partial charge in [-0.05, 0) is 60.5 Å². The Balaban J connectivity index is 1.10. The third-order valence-electron chi connectivity index (χ3n) is 7.82. The van der Waals surface area contributed by atoms with E-state index in [1.165, 1.54) is 5.56 Å². The average Bonchev–Trinajstić information content (AvgIpc) is 3.65. The van der Waals surface area contributed by atoms with Crippen molar-refractivity contribution in [1.82, 2.24) is 29.1 Å². The van der Waals surface area contributed by atoms with Crippen LogP contribution >= 0.6 is 0 Å². The molecule has 4 aromatic heterocycles. The quantitative estimate of drug-likeness (QED) is 0.221. The molecule has 1 unspecified atom stereocenters. The lowest BCUT2D eigenvalue weighted by Crippen LogP contribution is -2.04. The van der Waals surface area contributed by atoms with Crippen molar-refractivity contribution in [2.75, 3.05) is 0 Å². The summed E-state index contributed by atoms with van der Waals surface area (Å²) in [6.07, 6.45) is 11.3. The number of para-hydroxylation sites is 2. The highest BCUT2D eigenvalue weighted by molar-refractivity contribution is 5.83. The van der Waals surface area contributed by atoms with Crippen LogP contribution in [0.4, 0.5) is 0 Å². The summed E-state index contributed by atoms with van der Waals surface area (Å²) in [5, 5.41) is 0. The SMILES string of the molecule is C1=CC(c2ccc(-c3nc4cccnc4n3-c3ccccc3)cc2)CC=C1c1nc2cccnc2n1-c1ccccc1. The predicted octanol–water partition coefficient (Wildman–Crippen LogP) is 7.95. The first-order valence-corrected chi connectivity index (χ1v) is 14.1. The van der Waals surface area contributed by atoms with Gasteiger partial charge in [-0.15, -0.1) is 0 Å². The fourth-order valence-electron chi connectivity index (χ4n) is 5.77. The monoisotopic (exact) mass is 542 g/mol. The molecule has 4 heterocycles. The van der Waals surface area contributed by atoms with E-state index in [4.69, 9.17) is 9.97 Å². The number of fused-ring (bicyclic) bond motifs is 2. The van der Waals surface area contributed by atoms with E-state index >= 15 is 0 Å². The molecule has 1 atom stereocenters. The van der Waals surface area contributed by atoms with Gasteiger partial charge < -0.3 is 0 Å². The zero-order valence-corrected chi connectivity index (χ0v) is 22.7. The smallest absolute Gasteiger partial charge is 0.164 e. The number of allylic oxidation sites excluding steroid dienone is 4. The van der Waals surface area contributed by atoms with Crippen LogP contribution in [0.2, 0.25) is 0 Å². The van der Waals surface area contributed by atoms with Gasteiger partial charge in [0.25, 0.3) is 0 Å². The van der Waals surface area contributed by atoms with Crippen molar-refractivity contribution in [2.45, 2.75) is 12.3 Å². The first-order chi connectivity index (χ1) is 20.8. The molecule has 7 aromatic rings. The zero-order chi connectivity index (χ0) is 27.9. The van der Waals surface area contributed by atoms with Gasteiger partial charge >= 0.3 is 0 Å². The minimum absolute atomic E-state index is 0.282. The highest BCUT2D eigenvalue weighted by Crippen LogP contribution is 2.34. The molecule has 6 nitrogen and oxygen atoms in total. The van der Waals surface area contributed by atoms with Crippen molar-refractivity contribution < 1.29 is 0 Å². The second kappa shape index (κ2) is 10.1. The summed E-state index contributed by atoms with van der Waals surface area (Å²) in [6.45, 7) is 0. The molecular weight excluding hydrogens is 516 g/mol. The molecule has 3 aromatic carbocycles. The van der Waals surface area contributed by atoms with Crippen LogP contribution in [-0.2, 0) is 0 Å². The van der Waals surface area contributed by atoms with Gasteiger partial charge in [-0.2, -0.15) is 0 Å². The van der Waals surface area contributed by atoms with E-state index in [0.717, 1.165) is 62.9 Å². The molecule has 0 amide bonds. The van der Waals surface area contributed by atoms with Gasteiger partial charge in [0.2, 0.25) is 0 Å². The normalized spacial score (nSPS) is 14.9. The molecule has 0 N–H and O–H groups in total. The van der Waals surface area contributed by atoms with Crippen molar-refractivity contribution in [3.8, 4) is 22.8 Å². The maximum Gasteiger partial charge on any atom is 0.164 e. The van der Waals surface area contributed by atoms with Crippen LogP contribution in [-0.4, -0.2) is 29.1 Å². The number of hydrogen-bond acceptors (Lipinski definition) is 4. The summed E-state index contributed by atoms with van der Waals surface area (Å²) in [7, 11) is 0. The Morgan fingerprint density at radius 2 is 1.14 bits per heavy atom. The van der Waals surface area contributed by atoms with E-state index in [9.17, 15) is 0 Å². The van der Waals surface area contributed by atoms with Crippen LogP contribution in [0.15, 0.2) is 140 Å². The molecule has 200 valence electrons. The van der Waals surface area contributed by atoms with Crippen LogP contribution in [0.1, 0.15) is 23.7 Å². The van der Waals surface area contributed by atoms with Crippen molar-refractivity contribution in [3.05, 3.63) is 151 Å². The maximum absolute atomic E-state index is 4.97. The molecule has 1 aliphatic carbocycles. The Morgan fingerprint density at radius 3 is 1.71 bits per heavy atom. The molecule has 42 heavy (non-hydrogen) atoms. The van der Waals surface area contributed by atoms with E-state index in [2.05, 4.69) is 85.9 Å². The number of rotatable bonds is 5. The lowest BCUT2D eigenvalue weighted by Gasteiger charge is -2.18. The number of aromatic nitrogens is 6. The van der Waals surface area contributed by atoms with Crippen LogP contribution in [0.5, 0.6) is 0 Å². The molecule has 0 spiro atoms. The summed E-state index contributed by atoms with van der Waals surface area (Å²) in [5.41, 5.74) is 9.01. The van der Waals surface area contributed by atoms with Crippen molar-refractivity contribution in [1.29, 1.82) is 0 Å². The summed E-state index contributed by atoms with van der Waals surface area (Å²) >= 11 is 0. The number of pyridine rings is 2. The molecular formula is C36H26N6. The Kier molecular flexibility index (Phi) is 5.81. The second-order valence-corrected chi connectivity index (χ2v) is 10.4. The molecule has 0 fully saturated rings. The van der Waals surface area contributed by atoms with Gasteiger partial charge in [-0.3, -0.25) is 9.13 Å². The number of imidazole rings is 2. The standard InChI is InChI=1S/C36H26N6/c1-3-9-29(10-4-1)41-33(39-31-13-7-23-37-35(31)41)27-19-15-25(16-20-27)26-17-21-28(22-18-26)34-40-32-14-8-24-38-36(32)42(34)30-11-5-2-6-12-30/h1-17,19-24,26H,18H2. The van der Waals surface area contributed by atoms with Crippen LogP contribution in [0.25, 0.3) is 50.7 Å². The fraction of sp³-hybridized carbons (Fsp3) is 0.0556. The fourth-order valence-corrected chi connectivity index (χ4v) is 5.77. The summed E-state index contributed by atoms with van der Waals surface area (Å²) < 4.78 is 4.28. The Hall–Kier alpha value is -5.62. The van der Waals surface area contributed by atoms with Gasteiger partial charge in [0.05, 0.1) is 0 Å². The minimum Gasteiger partial charge on any atom is -0.277 e. The van der Waals surface area contributed by atoms with E-state index in [1.54, 1.807) is 0 Å². The zero-order valence-electron chi connectivity index (χ0n) is 22.7. The highest BCUT2D eigenvalue weighted by atomic mass is 15.1. The van der Waals surface area contributed by atoms with E-state index in [-0.39, 0.29) is 5.92 Å². The first kappa shape index (κ1) is 24.2. The van der Waals surface area contributed by atoms with E-state index < -0.39 is 0 Å². The molecule has 0 bridgehead atoms. The Bertz CT molecular complexity index is 2100. The molecule has 0 saturated carbocycles. The van der Waals surface area contributed by atoms with Crippen molar-refractivity contribution in [2.24, 2.45) is 0 Å². The number of benzene rings is 3. The molecule has 6 heteroatoms. The third kappa shape index (κ3) is 4.12. The lowest BCUT2D eigenvalue weighted by atomic mass is 9.89. The minimum atomic E-state index is 0.282.